The van der Waals surface area contributed by atoms with E-state index in [0.717, 1.165) is 11.3 Å². The van der Waals surface area contributed by atoms with Crippen molar-refractivity contribution in [3.05, 3.63) is 59.7 Å². The van der Waals surface area contributed by atoms with Gasteiger partial charge in [0.05, 0.1) is 0 Å². The van der Waals surface area contributed by atoms with E-state index in [9.17, 15) is 0 Å². The summed E-state index contributed by atoms with van der Waals surface area (Å²) in [5, 5.41) is 0.185. The average Bonchev–Trinajstić information content (AvgIpc) is 2.70. The van der Waals surface area contributed by atoms with Gasteiger partial charge in [0.15, 0.2) is 0 Å². The molecule has 21 heavy (non-hydrogen) atoms. The lowest BCUT2D eigenvalue weighted by atomic mass is 9.98. The Morgan fingerprint density at radius 3 is 1.48 bits per heavy atom. The lowest BCUT2D eigenvalue weighted by Crippen LogP contribution is -2.26. The molecule has 1 heteroatoms. The smallest absolute Gasteiger partial charge is 0.0390 e. The van der Waals surface area contributed by atoms with Crippen molar-refractivity contribution in [2.24, 2.45) is 0 Å². The van der Waals surface area contributed by atoms with Gasteiger partial charge in [-0.15, -0.1) is 0 Å². The SMILES string of the molecule is CC(C)P(C(C)C)C1(C)c2ccccc2-c2ccccc21. The Hall–Kier alpha value is -1.13. The number of rotatable bonds is 3. The Kier molecular flexibility index (Phi) is 3.70. The van der Waals surface area contributed by atoms with Crippen LogP contribution in [0, 0.1) is 0 Å². The fourth-order valence-corrected chi connectivity index (χ4v) is 8.54. The first-order chi connectivity index (χ1) is 9.98. The van der Waals surface area contributed by atoms with Gasteiger partial charge in [0.1, 0.15) is 0 Å². The molecule has 2 aromatic carbocycles. The van der Waals surface area contributed by atoms with Gasteiger partial charge in [-0.2, -0.15) is 0 Å². The van der Waals surface area contributed by atoms with Crippen LogP contribution in [-0.2, 0) is 5.16 Å². The maximum Gasteiger partial charge on any atom is 0.0390 e. The standard InChI is InChI=1S/C20H25P/c1-14(2)21(15(3)4)20(5)18-12-8-6-10-16(18)17-11-7-9-13-19(17)20/h6-15H,1-5H3. The summed E-state index contributed by atoms with van der Waals surface area (Å²) in [5.74, 6) is 0. The van der Waals surface area contributed by atoms with Gasteiger partial charge in [-0.05, 0) is 40.5 Å². The van der Waals surface area contributed by atoms with E-state index in [-0.39, 0.29) is 13.1 Å². The summed E-state index contributed by atoms with van der Waals surface area (Å²) < 4.78 is 0. The summed E-state index contributed by atoms with van der Waals surface area (Å²) in [6, 6.07) is 18.1. The van der Waals surface area contributed by atoms with Crippen LogP contribution in [0.15, 0.2) is 48.5 Å². The molecule has 0 aliphatic heterocycles. The second-order valence-corrected chi connectivity index (χ2v) is 10.5. The molecule has 0 fully saturated rings. The quantitative estimate of drug-likeness (QED) is 0.589. The van der Waals surface area contributed by atoms with Gasteiger partial charge < -0.3 is 0 Å². The Morgan fingerprint density at radius 2 is 1.10 bits per heavy atom. The normalized spacial score (nSPS) is 15.6. The molecular formula is C20H25P. The van der Waals surface area contributed by atoms with Crippen molar-refractivity contribution >= 4 is 7.92 Å². The molecule has 0 atom stereocenters. The van der Waals surface area contributed by atoms with Crippen molar-refractivity contribution in [3.63, 3.8) is 0 Å². The first-order valence-electron chi connectivity index (χ1n) is 7.95. The molecule has 110 valence electrons. The van der Waals surface area contributed by atoms with Crippen LogP contribution in [0.2, 0.25) is 0 Å². The summed E-state index contributed by atoms with van der Waals surface area (Å²) in [6.07, 6.45) is 0. The third kappa shape index (κ3) is 2.08. The maximum atomic E-state index is 2.49. The van der Waals surface area contributed by atoms with E-state index in [4.69, 9.17) is 0 Å². The summed E-state index contributed by atoms with van der Waals surface area (Å²) in [7, 11) is -0.135. The Morgan fingerprint density at radius 1 is 0.714 bits per heavy atom. The van der Waals surface area contributed by atoms with Crippen LogP contribution in [0.3, 0.4) is 0 Å². The van der Waals surface area contributed by atoms with E-state index in [2.05, 4.69) is 83.1 Å². The Balaban J connectivity index is 2.31. The average molecular weight is 296 g/mol. The topological polar surface area (TPSA) is 0 Å². The number of hydrogen-bond acceptors (Lipinski definition) is 0. The summed E-state index contributed by atoms with van der Waals surface area (Å²) in [6.45, 7) is 12.1. The van der Waals surface area contributed by atoms with Crippen molar-refractivity contribution in [1.29, 1.82) is 0 Å². The molecule has 1 aliphatic rings. The fourth-order valence-electron chi connectivity index (χ4n) is 4.34. The highest BCUT2D eigenvalue weighted by Crippen LogP contribution is 2.69. The zero-order valence-electron chi connectivity index (χ0n) is 13.7. The molecule has 1 aliphatic carbocycles. The molecule has 0 heterocycles. The van der Waals surface area contributed by atoms with Crippen LogP contribution < -0.4 is 0 Å². The molecule has 0 nitrogen and oxygen atoms in total. The third-order valence-electron chi connectivity index (χ3n) is 4.82. The molecule has 0 aromatic heterocycles. The van der Waals surface area contributed by atoms with Gasteiger partial charge in [0.25, 0.3) is 0 Å². The lowest BCUT2D eigenvalue weighted by molar-refractivity contribution is 0.804. The lowest BCUT2D eigenvalue weighted by Gasteiger charge is -2.42. The highest BCUT2D eigenvalue weighted by Gasteiger charge is 2.46. The van der Waals surface area contributed by atoms with Crippen LogP contribution >= 0.6 is 7.92 Å². The number of fused-ring (bicyclic) bond motifs is 3. The highest BCUT2D eigenvalue weighted by atomic mass is 31.1. The molecule has 0 saturated carbocycles. The molecule has 0 amide bonds. The minimum atomic E-state index is -0.135. The van der Waals surface area contributed by atoms with Crippen LogP contribution in [0.4, 0.5) is 0 Å². The van der Waals surface area contributed by atoms with Gasteiger partial charge in [-0.3, -0.25) is 0 Å². The molecule has 3 rings (SSSR count). The van der Waals surface area contributed by atoms with Gasteiger partial charge in [0, 0.05) is 5.16 Å². The summed E-state index contributed by atoms with van der Waals surface area (Å²) in [4.78, 5) is 0. The summed E-state index contributed by atoms with van der Waals surface area (Å²) >= 11 is 0. The van der Waals surface area contributed by atoms with Crippen LogP contribution in [0.1, 0.15) is 45.7 Å². The van der Waals surface area contributed by atoms with Crippen molar-refractivity contribution in [1.82, 2.24) is 0 Å². The molecular weight excluding hydrogens is 271 g/mol. The van der Waals surface area contributed by atoms with Crippen LogP contribution in [0.5, 0.6) is 0 Å². The summed E-state index contributed by atoms with van der Waals surface area (Å²) in [5.41, 5.74) is 7.43. The Labute approximate surface area is 130 Å². The fraction of sp³-hybridized carbons (Fsp3) is 0.400. The molecule has 0 bridgehead atoms. The van der Waals surface area contributed by atoms with E-state index in [1.807, 2.05) is 0 Å². The predicted octanol–water partition coefficient (Wildman–Crippen LogP) is 6.23. The zero-order chi connectivity index (χ0) is 15.2. The molecule has 0 radical (unpaired) electrons. The molecule has 0 saturated heterocycles. The minimum Gasteiger partial charge on any atom is -0.0861 e. The molecule has 0 unspecified atom stereocenters. The van der Waals surface area contributed by atoms with E-state index >= 15 is 0 Å². The number of hydrogen-bond donors (Lipinski definition) is 0. The molecule has 0 N–H and O–H groups in total. The van der Waals surface area contributed by atoms with Crippen molar-refractivity contribution < 1.29 is 0 Å². The van der Waals surface area contributed by atoms with Gasteiger partial charge in [-0.25, -0.2) is 0 Å². The van der Waals surface area contributed by atoms with Gasteiger partial charge in [0.2, 0.25) is 0 Å². The molecule has 0 spiro atoms. The van der Waals surface area contributed by atoms with E-state index in [1.165, 1.54) is 11.1 Å². The number of benzene rings is 2. The highest BCUT2D eigenvalue weighted by molar-refractivity contribution is 7.60. The van der Waals surface area contributed by atoms with Crippen LogP contribution in [0.25, 0.3) is 11.1 Å². The minimum absolute atomic E-state index is 0.135. The monoisotopic (exact) mass is 296 g/mol. The first-order valence-corrected chi connectivity index (χ1v) is 9.43. The maximum absolute atomic E-state index is 2.49. The van der Waals surface area contributed by atoms with Gasteiger partial charge >= 0.3 is 0 Å². The first kappa shape index (κ1) is 14.8. The second kappa shape index (κ2) is 5.25. The van der Waals surface area contributed by atoms with Crippen LogP contribution in [-0.4, -0.2) is 11.3 Å². The predicted molar refractivity (Wildman–Crippen MR) is 95.5 cm³/mol. The van der Waals surface area contributed by atoms with Crippen molar-refractivity contribution in [2.75, 3.05) is 0 Å². The van der Waals surface area contributed by atoms with Crippen molar-refractivity contribution in [2.45, 2.75) is 51.1 Å². The second-order valence-electron chi connectivity index (χ2n) is 6.76. The molecule has 2 aromatic rings. The van der Waals surface area contributed by atoms with Gasteiger partial charge in [-0.1, -0.05) is 84.1 Å². The Bertz CT molecular complexity index is 601. The van der Waals surface area contributed by atoms with E-state index < -0.39 is 0 Å². The largest absolute Gasteiger partial charge is 0.0861 e. The third-order valence-corrected chi connectivity index (χ3v) is 8.56. The van der Waals surface area contributed by atoms with E-state index in [0.29, 0.717) is 0 Å². The van der Waals surface area contributed by atoms with E-state index in [1.54, 1.807) is 11.1 Å². The van der Waals surface area contributed by atoms with Crippen molar-refractivity contribution in [3.8, 4) is 11.1 Å². The zero-order valence-corrected chi connectivity index (χ0v) is 14.6.